The van der Waals surface area contributed by atoms with E-state index in [9.17, 15) is 0 Å². The molecule has 0 radical (unpaired) electrons. The van der Waals surface area contributed by atoms with Crippen LogP contribution in [0.25, 0.3) is 61.4 Å². The van der Waals surface area contributed by atoms with Gasteiger partial charge >= 0.3 is 0 Å². The molecule has 5 nitrogen and oxygen atoms in total. The Hall–Kier alpha value is -6.50. The molecule has 240 valence electrons. The van der Waals surface area contributed by atoms with Crippen molar-refractivity contribution in [3.05, 3.63) is 176 Å². The molecule has 0 atom stereocenters. The van der Waals surface area contributed by atoms with E-state index in [4.69, 9.17) is 15.0 Å². The Kier molecular flexibility index (Phi) is 6.99. The van der Waals surface area contributed by atoms with E-state index in [-0.39, 0.29) is 0 Å². The van der Waals surface area contributed by atoms with Gasteiger partial charge in [-0.2, -0.15) is 9.97 Å². The minimum atomic E-state index is 0.583. The fourth-order valence-electron chi connectivity index (χ4n) is 7.06. The quantitative estimate of drug-likeness (QED) is 0.182. The fourth-order valence-corrected chi connectivity index (χ4v) is 8.15. The van der Waals surface area contributed by atoms with Gasteiger partial charge in [0.05, 0.1) is 22.4 Å². The molecule has 9 aromatic rings. The summed E-state index contributed by atoms with van der Waals surface area (Å²) in [5, 5.41) is 2.47. The third kappa shape index (κ3) is 5.07. The van der Waals surface area contributed by atoms with Crippen LogP contribution in [0, 0.1) is 0 Å². The molecule has 6 heteroatoms. The number of rotatable bonds is 5. The van der Waals surface area contributed by atoms with Crippen molar-refractivity contribution >= 4 is 50.9 Å². The number of hydrogen-bond donors (Lipinski definition) is 0. The van der Waals surface area contributed by atoms with Crippen molar-refractivity contribution < 1.29 is 0 Å². The molecule has 3 heterocycles. The lowest BCUT2D eigenvalue weighted by Gasteiger charge is -2.31. The van der Waals surface area contributed by atoms with Crippen LogP contribution in [0.4, 0.5) is 17.3 Å². The standard InChI is InChI=1S/C45H29N5S/c1-4-14-30(15-5-1)43-46-44(31-16-6-2-7-17-31)48-45(47-43)50-39-22-12-13-23-41(39)51-42-29-33(25-27-40(42)50)32-24-26-38-36(28-32)35-20-10-11-21-37(35)49(38)34-18-8-3-9-19-34/h1-29H. The monoisotopic (exact) mass is 671 g/mol. The van der Waals surface area contributed by atoms with Gasteiger partial charge in [-0.3, -0.25) is 4.90 Å². The minimum Gasteiger partial charge on any atom is -0.309 e. The zero-order valence-electron chi connectivity index (χ0n) is 27.4. The van der Waals surface area contributed by atoms with Crippen LogP contribution in [0.1, 0.15) is 0 Å². The van der Waals surface area contributed by atoms with Gasteiger partial charge in [0.25, 0.3) is 0 Å². The highest BCUT2D eigenvalue weighted by Gasteiger charge is 2.28. The summed E-state index contributed by atoms with van der Waals surface area (Å²) in [6.07, 6.45) is 0. The molecule has 7 aromatic carbocycles. The second-order valence-electron chi connectivity index (χ2n) is 12.5. The van der Waals surface area contributed by atoms with E-state index < -0.39 is 0 Å². The maximum absolute atomic E-state index is 5.11. The molecule has 0 fully saturated rings. The first kappa shape index (κ1) is 29.4. The lowest BCUT2D eigenvalue weighted by Crippen LogP contribution is -2.18. The van der Waals surface area contributed by atoms with Crippen molar-refractivity contribution in [2.24, 2.45) is 0 Å². The molecule has 0 unspecified atom stereocenters. The topological polar surface area (TPSA) is 46.8 Å². The molecular weight excluding hydrogens is 643 g/mol. The van der Waals surface area contributed by atoms with Crippen molar-refractivity contribution in [2.75, 3.05) is 4.90 Å². The molecule has 0 saturated heterocycles. The lowest BCUT2D eigenvalue weighted by molar-refractivity contribution is 1.00. The fraction of sp³-hybridized carbons (Fsp3) is 0. The Morgan fingerprint density at radius 3 is 1.71 bits per heavy atom. The van der Waals surface area contributed by atoms with Crippen molar-refractivity contribution in [1.29, 1.82) is 0 Å². The number of aromatic nitrogens is 4. The first-order valence-electron chi connectivity index (χ1n) is 17.0. The van der Waals surface area contributed by atoms with Crippen molar-refractivity contribution in [2.45, 2.75) is 9.79 Å². The molecule has 0 N–H and O–H groups in total. The van der Waals surface area contributed by atoms with Crippen LogP contribution in [-0.2, 0) is 0 Å². The molecule has 51 heavy (non-hydrogen) atoms. The summed E-state index contributed by atoms with van der Waals surface area (Å²) in [5.74, 6) is 1.85. The van der Waals surface area contributed by atoms with E-state index in [1.54, 1.807) is 11.8 Å². The highest BCUT2D eigenvalue weighted by Crippen LogP contribution is 2.52. The second-order valence-corrected chi connectivity index (χ2v) is 13.6. The maximum Gasteiger partial charge on any atom is 0.238 e. The smallest absolute Gasteiger partial charge is 0.238 e. The van der Waals surface area contributed by atoms with Crippen molar-refractivity contribution in [3.63, 3.8) is 0 Å². The highest BCUT2D eigenvalue weighted by atomic mass is 32.2. The molecule has 0 aliphatic carbocycles. The molecule has 0 amide bonds. The van der Waals surface area contributed by atoms with Gasteiger partial charge in [-0.15, -0.1) is 0 Å². The Bertz CT molecular complexity index is 2670. The van der Waals surface area contributed by atoms with Crippen LogP contribution >= 0.6 is 11.8 Å². The second kappa shape index (κ2) is 12.1. The predicted molar refractivity (Wildman–Crippen MR) is 209 cm³/mol. The van der Waals surface area contributed by atoms with Crippen LogP contribution in [0.3, 0.4) is 0 Å². The Labute approximate surface area is 299 Å². The third-order valence-corrected chi connectivity index (χ3v) is 10.5. The largest absolute Gasteiger partial charge is 0.309 e. The molecule has 10 rings (SSSR count). The van der Waals surface area contributed by atoms with Gasteiger partial charge < -0.3 is 4.57 Å². The number of benzene rings is 7. The molecule has 0 saturated carbocycles. The molecule has 2 aromatic heterocycles. The van der Waals surface area contributed by atoms with Crippen LogP contribution < -0.4 is 4.90 Å². The first-order chi connectivity index (χ1) is 25.3. The minimum absolute atomic E-state index is 0.583. The lowest BCUT2D eigenvalue weighted by atomic mass is 10.0. The number of hydrogen-bond acceptors (Lipinski definition) is 5. The van der Waals surface area contributed by atoms with Crippen molar-refractivity contribution in [1.82, 2.24) is 19.5 Å². The number of fused-ring (bicyclic) bond motifs is 5. The zero-order valence-corrected chi connectivity index (χ0v) is 28.2. The van der Waals surface area contributed by atoms with Gasteiger partial charge in [-0.1, -0.05) is 133 Å². The van der Waals surface area contributed by atoms with E-state index in [1.165, 1.54) is 27.4 Å². The molecule has 1 aliphatic heterocycles. The summed E-state index contributed by atoms with van der Waals surface area (Å²) < 4.78 is 2.36. The summed E-state index contributed by atoms with van der Waals surface area (Å²) in [6, 6.07) is 61.6. The molecular formula is C45H29N5S. The Balaban J connectivity index is 1.13. The van der Waals surface area contributed by atoms with Gasteiger partial charge in [0.15, 0.2) is 11.6 Å². The van der Waals surface area contributed by atoms with Gasteiger partial charge in [0.1, 0.15) is 0 Å². The van der Waals surface area contributed by atoms with Crippen LogP contribution in [-0.4, -0.2) is 19.5 Å². The van der Waals surface area contributed by atoms with Gasteiger partial charge in [0.2, 0.25) is 5.95 Å². The summed E-state index contributed by atoms with van der Waals surface area (Å²) in [5.41, 5.74) is 9.84. The van der Waals surface area contributed by atoms with Crippen LogP contribution in [0.5, 0.6) is 0 Å². The average molecular weight is 672 g/mol. The summed E-state index contributed by atoms with van der Waals surface area (Å²) >= 11 is 1.78. The van der Waals surface area contributed by atoms with Crippen molar-refractivity contribution in [3.8, 4) is 39.6 Å². The highest BCUT2D eigenvalue weighted by molar-refractivity contribution is 7.99. The van der Waals surface area contributed by atoms with E-state index >= 15 is 0 Å². The summed E-state index contributed by atoms with van der Waals surface area (Å²) in [7, 11) is 0. The van der Waals surface area contributed by atoms with Gasteiger partial charge in [-0.05, 0) is 65.7 Å². The number of para-hydroxylation sites is 3. The average Bonchev–Trinajstić information content (AvgIpc) is 3.54. The SMILES string of the molecule is c1ccc(-c2nc(-c3ccccc3)nc(N3c4ccccc4Sc4cc(-c5ccc6c(c5)c5ccccc5n6-c5ccccc5)ccc43)n2)cc1. The normalized spacial score (nSPS) is 12.2. The number of nitrogens with zero attached hydrogens (tertiary/aromatic N) is 5. The van der Waals surface area contributed by atoms with E-state index in [2.05, 4.69) is 125 Å². The Morgan fingerprint density at radius 2 is 0.961 bits per heavy atom. The van der Waals surface area contributed by atoms with Crippen LogP contribution in [0.15, 0.2) is 186 Å². The zero-order chi connectivity index (χ0) is 33.7. The molecule has 0 spiro atoms. The predicted octanol–water partition coefficient (Wildman–Crippen LogP) is 11.9. The van der Waals surface area contributed by atoms with Gasteiger partial charge in [0, 0.05) is 37.4 Å². The third-order valence-electron chi connectivity index (χ3n) is 9.43. The Morgan fingerprint density at radius 1 is 0.392 bits per heavy atom. The van der Waals surface area contributed by atoms with Gasteiger partial charge in [-0.25, -0.2) is 4.98 Å². The molecule has 1 aliphatic rings. The van der Waals surface area contributed by atoms with E-state index in [1.807, 2.05) is 60.7 Å². The number of anilines is 3. The summed E-state index contributed by atoms with van der Waals surface area (Å²) in [4.78, 5) is 19.6. The molecule has 0 bridgehead atoms. The summed E-state index contributed by atoms with van der Waals surface area (Å²) in [6.45, 7) is 0. The van der Waals surface area contributed by atoms with Crippen LogP contribution in [0.2, 0.25) is 0 Å². The maximum atomic E-state index is 5.11. The first-order valence-corrected chi connectivity index (χ1v) is 17.8. The van der Waals surface area contributed by atoms with E-state index in [0.29, 0.717) is 17.6 Å². The van der Waals surface area contributed by atoms with E-state index in [0.717, 1.165) is 43.5 Å².